The lowest BCUT2D eigenvalue weighted by Crippen LogP contribution is -2.41. The van der Waals surface area contributed by atoms with Crippen molar-refractivity contribution in [2.24, 2.45) is 5.92 Å². The van der Waals surface area contributed by atoms with Gasteiger partial charge in [0.25, 0.3) is 5.91 Å². The molecular formula is C24H25FN2O4. The Kier molecular flexibility index (Phi) is 6.30. The highest BCUT2D eigenvalue weighted by Crippen LogP contribution is 2.24. The van der Waals surface area contributed by atoms with E-state index in [1.165, 1.54) is 24.3 Å². The van der Waals surface area contributed by atoms with Gasteiger partial charge < -0.3 is 14.5 Å². The Labute approximate surface area is 180 Å². The molecule has 2 amide bonds. The molecule has 2 aromatic rings. The predicted octanol–water partition coefficient (Wildman–Crippen LogP) is 3.80. The number of anilines is 1. The van der Waals surface area contributed by atoms with Crippen molar-refractivity contribution in [2.45, 2.75) is 32.1 Å². The summed E-state index contributed by atoms with van der Waals surface area (Å²) in [6.45, 7) is 1.65. The van der Waals surface area contributed by atoms with Gasteiger partial charge in [-0.2, -0.15) is 0 Å². The molecule has 162 valence electrons. The smallest absolute Gasteiger partial charge is 0.314 e. The van der Waals surface area contributed by atoms with Crippen molar-refractivity contribution in [1.29, 1.82) is 0 Å². The lowest BCUT2D eigenvalue weighted by molar-refractivity contribution is -0.140. The fourth-order valence-corrected chi connectivity index (χ4v) is 4.07. The second-order valence-corrected chi connectivity index (χ2v) is 7.99. The van der Waals surface area contributed by atoms with Crippen LogP contribution in [-0.4, -0.2) is 42.3 Å². The molecular weight excluding hydrogens is 399 g/mol. The second-order valence-electron chi connectivity index (χ2n) is 7.99. The minimum atomic E-state index is -0.387. The van der Waals surface area contributed by atoms with Crippen molar-refractivity contribution in [3.63, 3.8) is 0 Å². The van der Waals surface area contributed by atoms with Gasteiger partial charge >= 0.3 is 5.97 Å². The molecule has 0 aromatic heterocycles. The monoisotopic (exact) mass is 424 g/mol. The molecule has 0 atom stereocenters. The van der Waals surface area contributed by atoms with Crippen LogP contribution in [0.2, 0.25) is 0 Å². The molecule has 0 aliphatic carbocycles. The van der Waals surface area contributed by atoms with Crippen LogP contribution in [0, 0.1) is 11.7 Å². The minimum absolute atomic E-state index is 0.0816. The number of likely N-dealkylation sites (tertiary alicyclic amines) is 1. The van der Waals surface area contributed by atoms with Gasteiger partial charge in [-0.05, 0) is 74.2 Å². The molecule has 0 saturated carbocycles. The summed E-state index contributed by atoms with van der Waals surface area (Å²) in [5, 5.41) is 0. The molecule has 0 radical (unpaired) electrons. The Bertz CT molecular complexity index is 951. The van der Waals surface area contributed by atoms with Gasteiger partial charge in [0.05, 0.1) is 5.92 Å². The van der Waals surface area contributed by atoms with E-state index in [-0.39, 0.29) is 29.5 Å². The molecule has 31 heavy (non-hydrogen) atoms. The first-order valence-corrected chi connectivity index (χ1v) is 10.7. The molecule has 0 unspecified atom stereocenters. The number of hydrogen-bond acceptors (Lipinski definition) is 4. The van der Waals surface area contributed by atoms with E-state index in [2.05, 4.69) is 0 Å². The first kappa shape index (κ1) is 21.0. The summed E-state index contributed by atoms with van der Waals surface area (Å²) in [4.78, 5) is 40.8. The third-order valence-corrected chi connectivity index (χ3v) is 5.90. The second kappa shape index (κ2) is 9.29. The number of rotatable bonds is 4. The molecule has 2 aromatic carbocycles. The van der Waals surface area contributed by atoms with Crippen LogP contribution in [0.15, 0.2) is 48.5 Å². The number of carbonyl (C=O) groups is 3. The number of ether oxygens (including phenoxy) is 1. The summed E-state index contributed by atoms with van der Waals surface area (Å²) in [6, 6.07) is 12.5. The van der Waals surface area contributed by atoms with Gasteiger partial charge in [0.15, 0.2) is 0 Å². The van der Waals surface area contributed by atoms with E-state index in [0.717, 1.165) is 18.5 Å². The summed E-state index contributed by atoms with van der Waals surface area (Å²) in [5.74, 6) is -0.669. The van der Waals surface area contributed by atoms with E-state index in [9.17, 15) is 18.8 Å². The van der Waals surface area contributed by atoms with E-state index in [0.29, 0.717) is 50.2 Å². The zero-order valence-corrected chi connectivity index (χ0v) is 17.3. The van der Waals surface area contributed by atoms with Crippen LogP contribution in [0.1, 0.15) is 42.5 Å². The highest BCUT2D eigenvalue weighted by Gasteiger charge is 2.29. The summed E-state index contributed by atoms with van der Waals surface area (Å²) in [7, 11) is 0. The van der Waals surface area contributed by atoms with Crippen molar-refractivity contribution in [1.82, 2.24) is 4.90 Å². The molecule has 7 heteroatoms. The Balaban J connectivity index is 1.31. The largest absolute Gasteiger partial charge is 0.426 e. The van der Waals surface area contributed by atoms with E-state index in [4.69, 9.17) is 4.74 Å². The molecule has 0 spiro atoms. The molecule has 0 bridgehead atoms. The summed E-state index contributed by atoms with van der Waals surface area (Å²) in [5.41, 5.74) is 1.39. The Morgan fingerprint density at radius 1 is 0.903 bits per heavy atom. The van der Waals surface area contributed by atoms with Gasteiger partial charge in [0, 0.05) is 37.3 Å². The number of esters is 1. The Morgan fingerprint density at radius 3 is 2.23 bits per heavy atom. The lowest BCUT2D eigenvalue weighted by atomic mass is 9.96. The van der Waals surface area contributed by atoms with E-state index in [1.807, 2.05) is 12.1 Å². The van der Waals surface area contributed by atoms with Crippen molar-refractivity contribution in [3.05, 3.63) is 59.9 Å². The highest BCUT2D eigenvalue weighted by molar-refractivity contribution is 5.97. The topological polar surface area (TPSA) is 66.9 Å². The molecule has 0 N–H and O–H groups in total. The van der Waals surface area contributed by atoms with Crippen LogP contribution in [0.5, 0.6) is 5.75 Å². The first-order chi connectivity index (χ1) is 15.0. The van der Waals surface area contributed by atoms with Gasteiger partial charge in [-0.1, -0.05) is 0 Å². The zero-order valence-electron chi connectivity index (χ0n) is 17.3. The third-order valence-electron chi connectivity index (χ3n) is 5.90. The van der Waals surface area contributed by atoms with Crippen molar-refractivity contribution in [3.8, 4) is 5.75 Å². The normalized spacial score (nSPS) is 17.5. The number of hydrogen-bond donors (Lipinski definition) is 0. The maximum Gasteiger partial charge on any atom is 0.314 e. The van der Waals surface area contributed by atoms with E-state index < -0.39 is 0 Å². The van der Waals surface area contributed by atoms with E-state index in [1.54, 1.807) is 21.9 Å². The van der Waals surface area contributed by atoms with Gasteiger partial charge in [-0.25, -0.2) is 4.39 Å². The fraction of sp³-hybridized carbons (Fsp3) is 0.375. The summed E-state index contributed by atoms with van der Waals surface area (Å²) in [6.07, 6.45) is 3.53. The molecule has 2 fully saturated rings. The number of nitrogens with zero attached hydrogens (tertiary/aromatic N) is 2. The maximum absolute atomic E-state index is 13.0. The third kappa shape index (κ3) is 4.93. The molecule has 2 aliphatic heterocycles. The predicted molar refractivity (Wildman–Crippen MR) is 113 cm³/mol. The number of benzene rings is 2. The van der Waals surface area contributed by atoms with Gasteiger partial charge in [0.1, 0.15) is 11.6 Å². The Hall–Kier alpha value is -3.22. The SMILES string of the molecule is O=C(Oc1ccc(F)cc1)C1CCN(C(=O)c2ccc(N3CCCCC3=O)cc2)CC1. The van der Waals surface area contributed by atoms with Gasteiger partial charge in [0.2, 0.25) is 5.91 Å². The summed E-state index contributed by atoms with van der Waals surface area (Å²) < 4.78 is 18.3. The molecule has 2 heterocycles. The number of amides is 2. The van der Waals surface area contributed by atoms with Crippen molar-refractivity contribution in [2.75, 3.05) is 24.5 Å². The van der Waals surface area contributed by atoms with Crippen LogP contribution >= 0.6 is 0 Å². The minimum Gasteiger partial charge on any atom is -0.426 e. The molecule has 4 rings (SSSR count). The van der Waals surface area contributed by atoms with Crippen LogP contribution in [0.25, 0.3) is 0 Å². The molecule has 2 saturated heterocycles. The average Bonchev–Trinajstić information content (AvgIpc) is 2.81. The Morgan fingerprint density at radius 2 is 1.58 bits per heavy atom. The van der Waals surface area contributed by atoms with Crippen molar-refractivity contribution < 1.29 is 23.5 Å². The quantitative estimate of drug-likeness (QED) is 0.553. The van der Waals surface area contributed by atoms with Crippen LogP contribution in [0.3, 0.4) is 0 Å². The number of carbonyl (C=O) groups excluding carboxylic acids is 3. The van der Waals surface area contributed by atoms with Crippen LogP contribution in [-0.2, 0) is 9.59 Å². The highest BCUT2D eigenvalue weighted by atomic mass is 19.1. The summed E-state index contributed by atoms with van der Waals surface area (Å²) >= 11 is 0. The van der Waals surface area contributed by atoms with E-state index >= 15 is 0 Å². The zero-order chi connectivity index (χ0) is 21.8. The van der Waals surface area contributed by atoms with Crippen LogP contribution < -0.4 is 9.64 Å². The fourth-order valence-electron chi connectivity index (χ4n) is 4.07. The standard InChI is InChI=1S/C24H25FN2O4/c25-19-6-10-21(11-7-19)31-24(30)18-12-15-26(16-13-18)23(29)17-4-8-20(9-5-17)27-14-2-1-3-22(27)28/h4-11,18H,1-3,12-16H2. The van der Waals surface area contributed by atoms with Crippen molar-refractivity contribution >= 4 is 23.5 Å². The van der Waals surface area contributed by atoms with Gasteiger partial charge in [-0.15, -0.1) is 0 Å². The lowest BCUT2D eigenvalue weighted by Gasteiger charge is -2.31. The van der Waals surface area contributed by atoms with Crippen LogP contribution in [0.4, 0.5) is 10.1 Å². The number of piperidine rings is 2. The molecule has 2 aliphatic rings. The average molecular weight is 424 g/mol. The maximum atomic E-state index is 13.0. The first-order valence-electron chi connectivity index (χ1n) is 10.7. The molecule has 6 nitrogen and oxygen atoms in total. The number of halogens is 1. The van der Waals surface area contributed by atoms with Gasteiger partial charge in [-0.3, -0.25) is 14.4 Å².